The number of aliphatic imine (C=N–C) groups is 1. The van der Waals surface area contributed by atoms with Crippen molar-refractivity contribution in [3.63, 3.8) is 0 Å². The largest absolute Gasteiger partial charge is 0.381 e. The van der Waals surface area contributed by atoms with E-state index in [9.17, 15) is 13.9 Å². The van der Waals surface area contributed by atoms with Crippen LogP contribution in [0.4, 0.5) is 8.78 Å². The molecule has 3 rings (SSSR count). The number of hydrogen-bond acceptors (Lipinski definition) is 2. The number of allylic oxidation sites excluding steroid dienone is 5. The van der Waals surface area contributed by atoms with Crippen LogP contribution < -0.4 is 0 Å². The molecule has 5 heteroatoms. The first-order valence-corrected chi connectivity index (χ1v) is 8.36. The summed E-state index contributed by atoms with van der Waals surface area (Å²) in [5, 5.41) is 11.5. The van der Waals surface area contributed by atoms with Crippen molar-refractivity contribution in [3.05, 3.63) is 75.5 Å². The van der Waals surface area contributed by atoms with Gasteiger partial charge in [-0.3, -0.25) is 4.99 Å². The number of hydrogen-bond donors (Lipinski definition) is 1. The molecule has 1 atom stereocenters. The number of fused-ring (bicyclic) bond motifs is 1. The molecular weight excluding hydrogens is 344 g/mol. The van der Waals surface area contributed by atoms with Crippen LogP contribution in [-0.2, 0) is 12.0 Å². The topological polar surface area (TPSA) is 32.6 Å². The van der Waals surface area contributed by atoms with Crippen molar-refractivity contribution in [1.29, 1.82) is 0 Å². The summed E-state index contributed by atoms with van der Waals surface area (Å²) in [6.07, 6.45) is 10.6. The van der Waals surface area contributed by atoms with Gasteiger partial charge in [-0.05, 0) is 56.0 Å². The fraction of sp³-hybridized carbons (Fsp3) is 0.250. The second kappa shape index (κ2) is 6.70. The standard InChI is InChI=1S/C20H18ClF2NO/c1-12-6-8-15(21)9-7-14(11-24-12)20(2,25)18-17(22)10-13-4-3-5-16(13)19(18)23/h3,5-6,8-11,25H,4,7H2,1-2H3/b8-6?,14-11+,15-9-,24-12?. The van der Waals surface area contributed by atoms with Gasteiger partial charge in [0.15, 0.2) is 0 Å². The van der Waals surface area contributed by atoms with Crippen molar-refractivity contribution in [2.45, 2.75) is 32.3 Å². The van der Waals surface area contributed by atoms with E-state index in [-0.39, 0.29) is 12.0 Å². The van der Waals surface area contributed by atoms with Gasteiger partial charge in [-0.25, -0.2) is 8.78 Å². The molecule has 0 radical (unpaired) electrons. The molecule has 0 fully saturated rings. The highest BCUT2D eigenvalue weighted by atomic mass is 35.5. The maximum Gasteiger partial charge on any atom is 0.140 e. The van der Waals surface area contributed by atoms with Gasteiger partial charge >= 0.3 is 0 Å². The highest BCUT2D eigenvalue weighted by Gasteiger charge is 2.36. The summed E-state index contributed by atoms with van der Waals surface area (Å²) in [6.45, 7) is 3.15. The van der Waals surface area contributed by atoms with Crippen LogP contribution in [0.15, 0.2) is 52.2 Å². The molecule has 1 N–H and O–H groups in total. The highest BCUT2D eigenvalue weighted by molar-refractivity contribution is 6.31. The lowest BCUT2D eigenvalue weighted by Crippen LogP contribution is -2.28. The molecule has 2 aliphatic rings. The first kappa shape index (κ1) is 17.8. The summed E-state index contributed by atoms with van der Waals surface area (Å²) in [5.41, 5.74) is -0.294. The lowest BCUT2D eigenvalue weighted by Gasteiger charge is -2.28. The first-order chi connectivity index (χ1) is 11.8. The average molecular weight is 362 g/mol. The Hall–Kier alpha value is -2.04. The van der Waals surface area contributed by atoms with E-state index in [0.717, 1.165) is 0 Å². The summed E-state index contributed by atoms with van der Waals surface area (Å²) >= 11 is 6.09. The van der Waals surface area contributed by atoms with Gasteiger partial charge in [-0.2, -0.15) is 0 Å². The van der Waals surface area contributed by atoms with E-state index >= 15 is 0 Å². The fourth-order valence-electron chi connectivity index (χ4n) is 3.02. The Morgan fingerprint density at radius 2 is 1.96 bits per heavy atom. The Balaban J connectivity index is 2.13. The van der Waals surface area contributed by atoms with Crippen LogP contribution in [0.5, 0.6) is 0 Å². The van der Waals surface area contributed by atoms with E-state index in [0.29, 0.717) is 33.9 Å². The highest BCUT2D eigenvalue weighted by Crippen LogP contribution is 2.39. The minimum atomic E-state index is -1.86. The maximum atomic E-state index is 14.9. The molecule has 0 aromatic heterocycles. The third-order valence-electron chi connectivity index (χ3n) is 4.50. The quantitative estimate of drug-likeness (QED) is 0.774. The number of benzene rings is 1. The van der Waals surface area contributed by atoms with E-state index in [1.165, 1.54) is 19.2 Å². The molecule has 0 saturated heterocycles. The molecule has 2 nitrogen and oxygen atoms in total. The van der Waals surface area contributed by atoms with Crippen molar-refractivity contribution in [2.75, 3.05) is 0 Å². The Bertz CT molecular complexity index is 876. The summed E-state index contributed by atoms with van der Waals surface area (Å²) in [5.74, 6) is -1.50. The van der Waals surface area contributed by atoms with Gasteiger partial charge in [0.1, 0.15) is 17.2 Å². The molecule has 1 aliphatic heterocycles. The van der Waals surface area contributed by atoms with E-state index < -0.39 is 17.2 Å². The summed E-state index contributed by atoms with van der Waals surface area (Å²) < 4.78 is 29.6. The zero-order chi connectivity index (χ0) is 18.2. The third-order valence-corrected chi connectivity index (χ3v) is 4.78. The maximum absolute atomic E-state index is 14.9. The SMILES string of the molecule is CC1=N/C=C(/C(C)(O)c2c(F)cc3c(c2F)C=CC3)C/C=C(\Cl)C=C1. The average Bonchev–Trinajstić information content (AvgIpc) is 3.02. The minimum absolute atomic E-state index is 0.221. The lowest BCUT2D eigenvalue weighted by molar-refractivity contribution is 0.0863. The molecule has 0 saturated carbocycles. The van der Waals surface area contributed by atoms with E-state index in [1.54, 1.807) is 37.3 Å². The van der Waals surface area contributed by atoms with E-state index in [2.05, 4.69) is 4.99 Å². The molecule has 1 aliphatic carbocycles. The molecule has 25 heavy (non-hydrogen) atoms. The molecule has 1 aromatic carbocycles. The van der Waals surface area contributed by atoms with Crippen LogP contribution in [0.25, 0.3) is 6.08 Å². The summed E-state index contributed by atoms with van der Waals surface area (Å²) in [4.78, 5) is 4.24. The molecule has 1 unspecified atom stereocenters. The van der Waals surface area contributed by atoms with Gasteiger partial charge < -0.3 is 5.11 Å². The number of nitrogens with zero attached hydrogens (tertiary/aromatic N) is 1. The Labute approximate surface area is 150 Å². The van der Waals surface area contributed by atoms with Gasteiger partial charge in [0.05, 0.1) is 5.56 Å². The van der Waals surface area contributed by atoms with Crippen molar-refractivity contribution in [1.82, 2.24) is 0 Å². The molecule has 0 spiro atoms. The zero-order valence-corrected chi connectivity index (χ0v) is 14.7. The molecule has 1 heterocycles. The van der Waals surface area contributed by atoms with Crippen LogP contribution in [0, 0.1) is 11.6 Å². The zero-order valence-electron chi connectivity index (χ0n) is 14.0. The fourth-order valence-corrected chi connectivity index (χ4v) is 3.16. The predicted octanol–water partition coefficient (Wildman–Crippen LogP) is 5.17. The van der Waals surface area contributed by atoms with E-state index in [1.807, 2.05) is 0 Å². The van der Waals surface area contributed by atoms with Crippen LogP contribution in [-0.4, -0.2) is 10.8 Å². The first-order valence-electron chi connectivity index (χ1n) is 7.98. The van der Waals surface area contributed by atoms with Gasteiger partial charge in [0.25, 0.3) is 0 Å². The van der Waals surface area contributed by atoms with Gasteiger partial charge in [-0.15, -0.1) is 0 Å². The van der Waals surface area contributed by atoms with E-state index in [4.69, 9.17) is 11.6 Å². The van der Waals surface area contributed by atoms with Crippen LogP contribution in [0.3, 0.4) is 0 Å². The number of halogens is 3. The van der Waals surface area contributed by atoms with Crippen molar-refractivity contribution >= 4 is 23.4 Å². The molecule has 0 amide bonds. The van der Waals surface area contributed by atoms with Crippen molar-refractivity contribution in [3.8, 4) is 0 Å². The van der Waals surface area contributed by atoms with Gasteiger partial charge in [0, 0.05) is 22.5 Å². The normalized spacial score (nSPS) is 23.4. The summed E-state index contributed by atoms with van der Waals surface area (Å²) in [6, 6.07) is 1.29. The van der Waals surface area contributed by atoms with Crippen LogP contribution in [0.1, 0.15) is 37.0 Å². The second-order valence-corrected chi connectivity index (χ2v) is 6.79. The van der Waals surface area contributed by atoms with Crippen LogP contribution in [0.2, 0.25) is 0 Å². The molecular formula is C20H18ClF2NO. The van der Waals surface area contributed by atoms with Crippen molar-refractivity contribution < 1.29 is 13.9 Å². The minimum Gasteiger partial charge on any atom is -0.381 e. The lowest BCUT2D eigenvalue weighted by atomic mass is 9.84. The molecule has 0 bridgehead atoms. The Morgan fingerprint density at radius 3 is 2.72 bits per heavy atom. The predicted molar refractivity (Wildman–Crippen MR) is 97.6 cm³/mol. The third kappa shape index (κ3) is 3.37. The summed E-state index contributed by atoms with van der Waals surface area (Å²) in [7, 11) is 0. The van der Waals surface area contributed by atoms with Gasteiger partial charge in [-0.1, -0.05) is 29.8 Å². The monoisotopic (exact) mass is 361 g/mol. The molecule has 130 valence electrons. The number of rotatable bonds is 2. The van der Waals surface area contributed by atoms with Crippen molar-refractivity contribution in [2.24, 2.45) is 4.99 Å². The Morgan fingerprint density at radius 1 is 1.20 bits per heavy atom. The smallest absolute Gasteiger partial charge is 0.140 e. The Kier molecular flexibility index (Phi) is 4.76. The van der Waals surface area contributed by atoms with Crippen LogP contribution >= 0.6 is 11.6 Å². The second-order valence-electron chi connectivity index (χ2n) is 6.35. The molecule has 1 aromatic rings. The number of aliphatic hydroxyl groups is 1. The van der Waals surface area contributed by atoms with Gasteiger partial charge in [0.2, 0.25) is 0 Å².